The number of nitrogens with zero attached hydrogens (tertiary/aromatic N) is 3. The Balaban J connectivity index is 1.71. The molecule has 25 heavy (non-hydrogen) atoms. The number of anilines is 1. The van der Waals surface area contributed by atoms with Crippen molar-refractivity contribution in [3.05, 3.63) is 64.4 Å². The van der Waals surface area contributed by atoms with Gasteiger partial charge in [0.1, 0.15) is 5.82 Å². The Morgan fingerprint density at radius 1 is 1.08 bits per heavy atom. The lowest BCUT2D eigenvalue weighted by Gasteiger charge is -2.10. The smallest absolute Gasteiger partial charge is 0.234 e. The van der Waals surface area contributed by atoms with E-state index >= 15 is 0 Å². The molecule has 128 valence electrons. The van der Waals surface area contributed by atoms with E-state index in [0.717, 1.165) is 11.5 Å². The van der Waals surface area contributed by atoms with Gasteiger partial charge in [-0.05, 0) is 31.2 Å². The van der Waals surface area contributed by atoms with Crippen LogP contribution in [0.3, 0.4) is 0 Å². The average molecular weight is 393 g/mol. The van der Waals surface area contributed by atoms with Crippen LogP contribution in [0, 0.1) is 6.92 Å². The van der Waals surface area contributed by atoms with Gasteiger partial charge in [0, 0.05) is 5.69 Å². The minimum Gasteiger partial charge on any atom is -0.323 e. The number of benzene rings is 2. The molecule has 8 heteroatoms. The summed E-state index contributed by atoms with van der Waals surface area (Å²) in [7, 11) is 0. The zero-order chi connectivity index (χ0) is 17.8. The zero-order valence-electron chi connectivity index (χ0n) is 13.2. The van der Waals surface area contributed by atoms with E-state index < -0.39 is 0 Å². The first-order chi connectivity index (χ1) is 12.1. The van der Waals surface area contributed by atoms with E-state index in [1.165, 1.54) is 11.8 Å². The molecule has 5 nitrogen and oxygen atoms in total. The number of nitrogens with one attached hydrogen (secondary N) is 1. The van der Waals surface area contributed by atoms with Crippen LogP contribution in [-0.2, 0) is 4.79 Å². The number of halogens is 2. The van der Waals surface area contributed by atoms with Gasteiger partial charge >= 0.3 is 0 Å². The van der Waals surface area contributed by atoms with Crippen molar-refractivity contribution in [3.8, 4) is 5.69 Å². The number of carbonyl (C=O) groups excluding carboxylic acids is 1. The quantitative estimate of drug-likeness (QED) is 0.643. The maximum Gasteiger partial charge on any atom is 0.234 e. The van der Waals surface area contributed by atoms with E-state index in [9.17, 15) is 4.79 Å². The first-order valence-electron chi connectivity index (χ1n) is 7.40. The second kappa shape index (κ2) is 7.91. The van der Waals surface area contributed by atoms with E-state index in [2.05, 4.69) is 15.5 Å². The van der Waals surface area contributed by atoms with Crippen molar-refractivity contribution < 1.29 is 4.79 Å². The molecular weight excluding hydrogens is 379 g/mol. The summed E-state index contributed by atoms with van der Waals surface area (Å²) in [4.78, 5) is 12.2. The lowest BCUT2D eigenvalue weighted by molar-refractivity contribution is -0.113. The van der Waals surface area contributed by atoms with Crippen molar-refractivity contribution in [2.45, 2.75) is 12.1 Å². The molecule has 0 radical (unpaired) electrons. The minimum atomic E-state index is -0.222. The molecule has 0 atom stereocenters. The predicted octanol–water partition coefficient (Wildman–Crippen LogP) is 4.61. The van der Waals surface area contributed by atoms with Crippen molar-refractivity contribution in [1.82, 2.24) is 14.8 Å². The van der Waals surface area contributed by atoms with Crippen LogP contribution in [-0.4, -0.2) is 26.4 Å². The molecule has 1 N–H and O–H groups in total. The Kier molecular flexibility index (Phi) is 5.63. The summed E-state index contributed by atoms with van der Waals surface area (Å²) in [5.41, 5.74) is 1.36. The zero-order valence-corrected chi connectivity index (χ0v) is 15.6. The first kappa shape index (κ1) is 17.8. The Hall–Kier alpha value is -2.02. The summed E-state index contributed by atoms with van der Waals surface area (Å²) in [6.07, 6.45) is 0. The number of aryl methyl sites for hydroxylation is 1. The van der Waals surface area contributed by atoms with Crippen LogP contribution in [0.2, 0.25) is 10.0 Å². The monoisotopic (exact) mass is 392 g/mol. The second-order valence-electron chi connectivity index (χ2n) is 5.13. The van der Waals surface area contributed by atoms with Crippen LogP contribution in [0.4, 0.5) is 5.69 Å². The van der Waals surface area contributed by atoms with Crippen LogP contribution < -0.4 is 5.32 Å². The third-order valence-electron chi connectivity index (χ3n) is 3.37. The predicted molar refractivity (Wildman–Crippen MR) is 102 cm³/mol. The van der Waals surface area contributed by atoms with Crippen molar-refractivity contribution in [3.63, 3.8) is 0 Å². The van der Waals surface area contributed by atoms with Gasteiger partial charge in [-0.3, -0.25) is 9.36 Å². The van der Waals surface area contributed by atoms with E-state index in [1.807, 2.05) is 41.8 Å². The first-order valence-corrected chi connectivity index (χ1v) is 9.14. The molecule has 0 aliphatic rings. The van der Waals surface area contributed by atoms with Crippen LogP contribution >= 0.6 is 35.0 Å². The second-order valence-corrected chi connectivity index (χ2v) is 6.89. The SMILES string of the molecule is Cc1nnc(SCC(=O)Nc2c(Cl)cccc2Cl)n1-c1ccccc1. The molecule has 1 aromatic heterocycles. The van der Waals surface area contributed by atoms with Gasteiger partial charge in [0.25, 0.3) is 0 Å². The summed E-state index contributed by atoms with van der Waals surface area (Å²) in [6.45, 7) is 1.87. The van der Waals surface area contributed by atoms with Gasteiger partial charge in [-0.1, -0.05) is 59.2 Å². The summed E-state index contributed by atoms with van der Waals surface area (Å²) < 4.78 is 1.90. The number of rotatable bonds is 5. The van der Waals surface area contributed by atoms with Crippen LogP contribution in [0.25, 0.3) is 5.69 Å². The number of hydrogen-bond acceptors (Lipinski definition) is 4. The molecule has 0 aliphatic heterocycles. The molecule has 0 saturated heterocycles. The molecule has 0 bridgehead atoms. The van der Waals surface area contributed by atoms with Gasteiger partial charge in [-0.25, -0.2) is 0 Å². The molecule has 3 aromatic rings. The molecular formula is C17H14Cl2N4OS. The van der Waals surface area contributed by atoms with Crippen molar-refractivity contribution in [2.75, 3.05) is 11.1 Å². The Morgan fingerprint density at radius 3 is 2.44 bits per heavy atom. The summed E-state index contributed by atoms with van der Waals surface area (Å²) >= 11 is 13.4. The number of para-hydroxylation sites is 2. The summed E-state index contributed by atoms with van der Waals surface area (Å²) in [6, 6.07) is 14.8. The minimum absolute atomic E-state index is 0.159. The molecule has 1 heterocycles. The van der Waals surface area contributed by atoms with Gasteiger partial charge in [-0.2, -0.15) is 0 Å². The summed E-state index contributed by atoms with van der Waals surface area (Å²) in [5, 5.41) is 12.4. The highest BCUT2D eigenvalue weighted by Crippen LogP contribution is 2.30. The number of aromatic nitrogens is 3. The average Bonchev–Trinajstić information content (AvgIpc) is 2.98. The molecule has 0 saturated carbocycles. The summed E-state index contributed by atoms with van der Waals surface area (Å²) in [5.74, 6) is 0.690. The molecule has 2 aromatic carbocycles. The van der Waals surface area contributed by atoms with Crippen molar-refractivity contribution >= 4 is 46.6 Å². The fourth-order valence-electron chi connectivity index (χ4n) is 2.23. The highest BCUT2D eigenvalue weighted by molar-refractivity contribution is 7.99. The van der Waals surface area contributed by atoms with Crippen LogP contribution in [0.15, 0.2) is 53.7 Å². The number of carbonyl (C=O) groups is 1. The van der Waals surface area contributed by atoms with Crippen LogP contribution in [0.5, 0.6) is 0 Å². The van der Waals surface area contributed by atoms with Gasteiger partial charge in [0.05, 0.1) is 21.5 Å². The third-order valence-corrected chi connectivity index (χ3v) is 4.93. The van der Waals surface area contributed by atoms with E-state index in [-0.39, 0.29) is 11.7 Å². The maximum atomic E-state index is 12.2. The van der Waals surface area contributed by atoms with Crippen molar-refractivity contribution in [1.29, 1.82) is 0 Å². The van der Waals surface area contributed by atoms with Gasteiger partial charge in [-0.15, -0.1) is 10.2 Å². The van der Waals surface area contributed by atoms with Gasteiger partial charge < -0.3 is 5.32 Å². The van der Waals surface area contributed by atoms with Gasteiger partial charge in [0.15, 0.2) is 5.16 Å². The lowest BCUT2D eigenvalue weighted by Crippen LogP contribution is -2.15. The lowest BCUT2D eigenvalue weighted by atomic mass is 10.3. The highest BCUT2D eigenvalue weighted by atomic mass is 35.5. The normalized spacial score (nSPS) is 10.7. The molecule has 1 amide bonds. The Morgan fingerprint density at radius 2 is 1.76 bits per heavy atom. The topological polar surface area (TPSA) is 59.8 Å². The molecule has 0 unspecified atom stereocenters. The van der Waals surface area contributed by atoms with Crippen molar-refractivity contribution in [2.24, 2.45) is 0 Å². The number of thioether (sulfide) groups is 1. The molecule has 0 aliphatic carbocycles. The Bertz CT molecular complexity index is 879. The highest BCUT2D eigenvalue weighted by Gasteiger charge is 2.14. The largest absolute Gasteiger partial charge is 0.323 e. The van der Waals surface area contributed by atoms with E-state index in [1.54, 1.807) is 18.2 Å². The standard InChI is InChI=1S/C17H14Cl2N4OS/c1-11-21-22-17(23(11)12-6-3-2-4-7-12)25-10-15(24)20-16-13(18)8-5-9-14(16)19/h2-9H,10H2,1H3,(H,20,24). The van der Waals surface area contributed by atoms with E-state index in [4.69, 9.17) is 23.2 Å². The molecule has 3 rings (SSSR count). The molecule has 0 spiro atoms. The van der Waals surface area contributed by atoms with E-state index in [0.29, 0.717) is 20.9 Å². The third kappa shape index (κ3) is 4.15. The number of hydrogen-bond donors (Lipinski definition) is 1. The molecule has 0 fully saturated rings. The van der Waals surface area contributed by atoms with Crippen LogP contribution in [0.1, 0.15) is 5.82 Å². The Labute approximate surface area is 159 Å². The fraction of sp³-hybridized carbons (Fsp3) is 0.118. The van der Waals surface area contributed by atoms with Gasteiger partial charge in [0.2, 0.25) is 5.91 Å². The fourth-order valence-corrected chi connectivity index (χ4v) is 3.52. The number of amides is 1. The maximum absolute atomic E-state index is 12.2.